The third kappa shape index (κ3) is 2.34. The number of fused-ring (bicyclic) bond motifs is 5. The van der Waals surface area contributed by atoms with Gasteiger partial charge in [0.2, 0.25) is 0 Å². The Morgan fingerprint density at radius 3 is 2.83 bits per heavy atom. The predicted molar refractivity (Wildman–Crippen MR) is 96.1 cm³/mol. The highest BCUT2D eigenvalue weighted by molar-refractivity contribution is 5.69. The zero-order chi connectivity index (χ0) is 16.9. The van der Waals surface area contributed by atoms with Crippen molar-refractivity contribution in [2.24, 2.45) is 17.3 Å². The van der Waals surface area contributed by atoms with Crippen LogP contribution < -0.4 is 4.74 Å². The molecule has 4 rings (SSSR count). The first-order valence-corrected chi connectivity index (χ1v) is 9.50. The Morgan fingerprint density at radius 1 is 1.25 bits per heavy atom. The summed E-state index contributed by atoms with van der Waals surface area (Å²) in [5.41, 5.74) is 5.09. The van der Waals surface area contributed by atoms with Crippen LogP contribution in [0.25, 0.3) is 0 Å². The molecular formula is C22H28O2. The summed E-state index contributed by atoms with van der Waals surface area (Å²) in [6.45, 7) is 6.22. The summed E-state index contributed by atoms with van der Waals surface area (Å²) in [5.74, 6) is 2.85. The standard InChI is InChI=1S/C22H28O2/c1-4-16-6-10-21-20-8-5-15-13-17(24-14(2)23)7-9-18(15)19(20)11-12-22(16,21)3/h4,7,9,13,19-21H,5-6,8,10-12H2,1-3H3/b16-4-/t19?,20?,21?,22-/m1/s1. The van der Waals surface area contributed by atoms with Crippen LogP contribution in [0, 0.1) is 17.3 Å². The maximum absolute atomic E-state index is 11.2. The summed E-state index contributed by atoms with van der Waals surface area (Å²) in [7, 11) is 0. The van der Waals surface area contributed by atoms with Gasteiger partial charge in [-0.25, -0.2) is 0 Å². The smallest absolute Gasteiger partial charge is 0.308 e. The van der Waals surface area contributed by atoms with Crippen molar-refractivity contribution in [1.29, 1.82) is 0 Å². The molecule has 0 aliphatic heterocycles. The molecule has 3 aliphatic rings. The molecule has 0 N–H and O–H groups in total. The molecule has 3 unspecified atom stereocenters. The maximum atomic E-state index is 11.2. The fraction of sp³-hybridized carbons (Fsp3) is 0.591. The van der Waals surface area contributed by atoms with Crippen molar-refractivity contribution in [2.45, 2.75) is 65.2 Å². The van der Waals surface area contributed by atoms with Crippen LogP contribution in [0.4, 0.5) is 0 Å². The molecule has 1 aromatic rings. The Bertz CT molecular complexity index is 702. The first-order chi connectivity index (χ1) is 11.5. The van der Waals surface area contributed by atoms with E-state index in [2.05, 4.69) is 32.1 Å². The highest BCUT2D eigenvalue weighted by Crippen LogP contribution is 2.62. The number of aryl methyl sites for hydroxylation is 1. The van der Waals surface area contributed by atoms with Crippen LogP contribution in [0.3, 0.4) is 0 Å². The third-order valence-electron chi connectivity index (χ3n) is 7.16. The van der Waals surface area contributed by atoms with E-state index in [0.29, 0.717) is 17.1 Å². The van der Waals surface area contributed by atoms with Gasteiger partial charge in [0, 0.05) is 6.92 Å². The van der Waals surface area contributed by atoms with Gasteiger partial charge in [-0.05, 0) is 91.9 Å². The van der Waals surface area contributed by atoms with Crippen molar-refractivity contribution < 1.29 is 9.53 Å². The van der Waals surface area contributed by atoms with Gasteiger partial charge in [0.15, 0.2) is 0 Å². The van der Waals surface area contributed by atoms with Crippen LogP contribution in [0.15, 0.2) is 29.8 Å². The minimum atomic E-state index is -0.234. The number of allylic oxidation sites excluding steroid dienone is 2. The Kier molecular flexibility index (Phi) is 3.82. The van der Waals surface area contributed by atoms with Crippen molar-refractivity contribution >= 4 is 5.97 Å². The molecule has 0 aromatic heterocycles. The van der Waals surface area contributed by atoms with Crippen LogP contribution >= 0.6 is 0 Å². The van der Waals surface area contributed by atoms with Gasteiger partial charge in [-0.1, -0.05) is 24.6 Å². The second-order valence-corrected chi connectivity index (χ2v) is 8.18. The van der Waals surface area contributed by atoms with Crippen LogP contribution in [0.2, 0.25) is 0 Å². The average molecular weight is 324 g/mol. The number of hydrogen-bond acceptors (Lipinski definition) is 2. The number of carbonyl (C=O) groups excluding carboxylic acids is 1. The lowest BCUT2D eigenvalue weighted by molar-refractivity contribution is -0.131. The van der Waals surface area contributed by atoms with Crippen molar-refractivity contribution in [2.75, 3.05) is 0 Å². The highest BCUT2D eigenvalue weighted by Gasteiger charge is 2.52. The summed E-state index contributed by atoms with van der Waals surface area (Å²) in [6, 6.07) is 6.33. The Labute approximate surface area is 145 Å². The fourth-order valence-corrected chi connectivity index (χ4v) is 6.11. The molecule has 0 spiro atoms. The second kappa shape index (κ2) is 5.75. The molecule has 0 amide bonds. The molecule has 0 radical (unpaired) electrons. The quantitative estimate of drug-likeness (QED) is 0.392. The molecule has 3 aliphatic carbocycles. The zero-order valence-corrected chi connectivity index (χ0v) is 15.1. The summed E-state index contributed by atoms with van der Waals surface area (Å²) < 4.78 is 5.28. The summed E-state index contributed by atoms with van der Waals surface area (Å²) in [5, 5.41) is 0. The van der Waals surface area contributed by atoms with Gasteiger partial charge in [-0.15, -0.1) is 0 Å². The van der Waals surface area contributed by atoms with Crippen molar-refractivity contribution in [1.82, 2.24) is 0 Å². The van der Waals surface area contributed by atoms with Gasteiger partial charge < -0.3 is 4.74 Å². The number of esters is 1. The Hall–Kier alpha value is -1.57. The first-order valence-electron chi connectivity index (χ1n) is 9.50. The number of benzene rings is 1. The van der Waals surface area contributed by atoms with E-state index in [0.717, 1.165) is 18.3 Å². The van der Waals surface area contributed by atoms with Crippen molar-refractivity contribution in [3.8, 4) is 5.75 Å². The monoisotopic (exact) mass is 324 g/mol. The normalized spacial score (nSPS) is 36.0. The molecule has 0 saturated heterocycles. The predicted octanol–water partition coefficient (Wildman–Crippen LogP) is 5.41. The van der Waals surface area contributed by atoms with E-state index < -0.39 is 0 Å². The molecule has 0 bridgehead atoms. The van der Waals surface area contributed by atoms with Crippen LogP contribution in [-0.2, 0) is 11.2 Å². The van der Waals surface area contributed by atoms with Crippen molar-refractivity contribution in [3.05, 3.63) is 41.0 Å². The minimum absolute atomic E-state index is 0.234. The molecular weight excluding hydrogens is 296 g/mol. The lowest BCUT2D eigenvalue weighted by atomic mass is 9.55. The van der Waals surface area contributed by atoms with Crippen molar-refractivity contribution in [3.63, 3.8) is 0 Å². The largest absolute Gasteiger partial charge is 0.427 e. The molecule has 2 heteroatoms. The fourth-order valence-electron chi connectivity index (χ4n) is 6.11. The first kappa shape index (κ1) is 15.9. The van der Waals surface area contributed by atoms with Gasteiger partial charge in [0.25, 0.3) is 0 Å². The van der Waals surface area contributed by atoms with E-state index in [4.69, 9.17) is 4.74 Å². The average Bonchev–Trinajstić information content (AvgIpc) is 2.90. The number of carbonyl (C=O) groups is 1. The van der Waals surface area contributed by atoms with Crippen LogP contribution in [-0.4, -0.2) is 5.97 Å². The number of hydrogen-bond donors (Lipinski definition) is 0. The topological polar surface area (TPSA) is 26.3 Å². The van der Waals surface area contributed by atoms with Gasteiger partial charge in [0.1, 0.15) is 5.75 Å². The lowest BCUT2D eigenvalue weighted by Crippen LogP contribution is -2.40. The van der Waals surface area contributed by atoms with Gasteiger partial charge in [0.05, 0.1) is 0 Å². The molecule has 4 atom stereocenters. The Balaban J connectivity index is 1.64. The molecule has 0 heterocycles. The SMILES string of the molecule is C/C=C1/CCC2C3CCc4cc(OC(C)=O)ccc4C3CC[C@]12C. The summed E-state index contributed by atoms with van der Waals surface area (Å²) in [4.78, 5) is 11.2. The van der Waals surface area contributed by atoms with E-state index in [1.54, 1.807) is 5.57 Å². The molecule has 128 valence electrons. The van der Waals surface area contributed by atoms with E-state index in [9.17, 15) is 4.79 Å². The van der Waals surface area contributed by atoms with Gasteiger partial charge in [-0.3, -0.25) is 4.79 Å². The molecule has 2 fully saturated rings. The van der Waals surface area contributed by atoms with E-state index >= 15 is 0 Å². The van der Waals surface area contributed by atoms with Crippen LogP contribution in [0.1, 0.15) is 69.9 Å². The summed E-state index contributed by atoms with van der Waals surface area (Å²) >= 11 is 0. The van der Waals surface area contributed by atoms with E-state index in [1.807, 2.05) is 6.07 Å². The molecule has 24 heavy (non-hydrogen) atoms. The molecule has 2 nitrogen and oxygen atoms in total. The molecule has 1 aromatic carbocycles. The Morgan fingerprint density at radius 2 is 2.08 bits per heavy atom. The maximum Gasteiger partial charge on any atom is 0.308 e. The summed E-state index contributed by atoms with van der Waals surface area (Å²) in [6.07, 6.45) is 10.1. The molecule has 2 saturated carbocycles. The van der Waals surface area contributed by atoms with Crippen LogP contribution in [0.5, 0.6) is 5.75 Å². The van der Waals surface area contributed by atoms with E-state index in [-0.39, 0.29) is 5.97 Å². The number of rotatable bonds is 1. The zero-order valence-electron chi connectivity index (χ0n) is 15.1. The highest BCUT2D eigenvalue weighted by atomic mass is 16.5. The third-order valence-corrected chi connectivity index (χ3v) is 7.16. The second-order valence-electron chi connectivity index (χ2n) is 8.18. The lowest BCUT2D eigenvalue weighted by Gasteiger charge is -2.49. The number of ether oxygens (including phenoxy) is 1. The minimum Gasteiger partial charge on any atom is -0.427 e. The van der Waals surface area contributed by atoms with Gasteiger partial charge >= 0.3 is 5.97 Å². The van der Waals surface area contributed by atoms with E-state index in [1.165, 1.54) is 50.2 Å². The van der Waals surface area contributed by atoms with Gasteiger partial charge in [-0.2, -0.15) is 0 Å².